The van der Waals surface area contributed by atoms with E-state index < -0.39 is 0 Å². The highest BCUT2D eigenvalue weighted by atomic mass is 32.2. The van der Waals surface area contributed by atoms with Crippen LogP contribution in [0.3, 0.4) is 0 Å². The van der Waals surface area contributed by atoms with Crippen LogP contribution in [-0.2, 0) is 9.53 Å². The molecule has 0 bridgehead atoms. The van der Waals surface area contributed by atoms with Crippen molar-refractivity contribution in [2.24, 2.45) is 0 Å². The van der Waals surface area contributed by atoms with E-state index in [2.05, 4.69) is 13.8 Å². The average molecular weight is 415 g/mol. The molecule has 0 aliphatic heterocycles. The molecule has 0 amide bonds. The second-order valence-electron chi connectivity index (χ2n) is 8.24. The number of ether oxygens (including phenoxy) is 1. The summed E-state index contributed by atoms with van der Waals surface area (Å²) in [7, 11) is 0. The number of rotatable bonds is 23. The SMILES string of the molecule is CCCCCCCCCCCCCCCCCCSCCC(=O)OCCCC. The van der Waals surface area contributed by atoms with Crippen molar-refractivity contribution in [3.05, 3.63) is 0 Å². The predicted molar refractivity (Wildman–Crippen MR) is 127 cm³/mol. The van der Waals surface area contributed by atoms with Gasteiger partial charge < -0.3 is 4.74 Å². The van der Waals surface area contributed by atoms with E-state index in [9.17, 15) is 4.79 Å². The molecule has 0 rings (SSSR count). The van der Waals surface area contributed by atoms with Gasteiger partial charge in [0, 0.05) is 5.75 Å². The summed E-state index contributed by atoms with van der Waals surface area (Å²) in [6.07, 6.45) is 25.4. The van der Waals surface area contributed by atoms with Crippen molar-refractivity contribution in [2.75, 3.05) is 18.1 Å². The van der Waals surface area contributed by atoms with Crippen molar-refractivity contribution in [3.8, 4) is 0 Å². The number of hydrogen-bond acceptors (Lipinski definition) is 3. The first-order valence-electron chi connectivity index (χ1n) is 12.5. The minimum atomic E-state index is -0.0204. The predicted octanol–water partition coefficient (Wildman–Crippen LogP) is 8.71. The normalized spacial score (nSPS) is 11.1. The highest BCUT2D eigenvalue weighted by molar-refractivity contribution is 7.99. The minimum Gasteiger partial charge on any atom is -0.466 e. The Hall–Kier alpha value is -0.180. The Labute approximate surface area is 181 Å². The summed E-state index contributed by atoms with van der Waals surface area (Å²) >= 11 is 1.91. The van der Waals surface area contributed by atoms with Crippen LogP contribution in [0.15, 0.2) is 0 Å². The fourth-order valence-electron chi connectivity index (χ4n) is 3.41. The summed E-state index contributed by atoms with van der Waals surface area (Å²) < 4.78 is 5.17. The Kier molecular flexibility index (Phi) is 24.7. The van der Waals surface area contributed by atoms with Crippen molar-refractivity contribution in [3.63, 3.8) is 0 Å². The van der Waals surface area contributed by atoms with Crippen LogP contribution in [0.2, 0.25) is 0 Å². The van der Waals surface area contributed by atoms with Crippen LogP contribution in [-0.4, -0.2) is 24.1 Å². The second-order valence-corrected chi connectivity index (χ2v) is 9.46. The zero-order chi connectivity index (χ0) is 20.5. The number of unbranched alkanes of at least 4 members (excludes halogenated alkanes) is 16. The smallest absolute Gasteiger partial charge is 0.306 e. The molecule has 0 aliphatic rings. The van der Waals surface area contributed by atoms with E-state index >= 15 is 0 Å². The van der Waals surface area contributed by atoms with E-state index in [-0.39, 0.29) is 5.97 Å². The van der Waals surface area contributed by atoms with Gasteiger partial charge in [-0.25, -0.2) is 0 Å². The summed E-state index contributed by atoms with van der Waals surface area (Å²) in [5.74, 6) is 2.10. The van der Waals surface area contributed by atoms with Crippen LogP contribution in [0.1, 0.15) is 136 Å². The molecule has 0 fully saturated rings. The van der Waals surface area contributed by atoms with Gasteiger partial charge in [0.2, 0.25) is 0 Å². The molecule has 2 nitrogen and oxygen atoms in total. The second kappa shape index (κ2) is 24.9. The van der Waals surface area contributed by atoms with Crippen molar-refractivity contribution in [1.29, 1.82) is 0 Å². The minimum absolute atomic E-state index is 0.0204. The molecule has 0 aromatic heterocycles. The van der Waals surface area contributed by atoms with E-state index in [0.717, 1.165) is 18.6 Å². The Balaban J connectivity index is 3.06. The summed E-state index contributed by atoms with van der Waals surface area (Å²) in [6, 6.07) is 0. The lowest BCUT2D eigenvalue weighted by atomic mass is 10.0. The van der Waals surface area contributed by atoms with Crippen molar-refractivity contribution >= 4 is 17.7 Å². The molecule has 168 valence electrons. The molecule has 0 aromatic rings. The lowest BCUT2D eigenvalue weighted by Gasteiger charge is -2.05. The van der Waals surface area contributed by atoms with E-state index in [1.54, 1.807) is 0 Å². The summed E-state index contributed by atoms with van der Waals surface area (Å²) in [5, 5.41) is 0. The quantitative estimate of drug-likeness (QED) is 0.123. The molecule has 0 unspecified atom stereocenters. The van der Waals surface area contributed by atoms with Gasteiger partial charge >= 0.3 is 5.97 Å². The Morgan fingerprint density at radius 2 is 1.00 bits per heavy atom. The molecular weight excluding hydrogens is 364 g/mol. The van der Waals surface area contributed by atoms with Gasteiger partial charge in [-0.15, -0.1) is 0 Å². The number of thioether (sulfide) groups is 1. The molecule has 0 N–H and O–H groups in total. The molecular formula is C25H50O2S. The fourth-order valence-corrected chi connectivity index (χ4v) is 4.34. The third-order valence-electron chi connectivity index (χ3n) is 5.35. The van der Waals surface area contributed by atoms with Crippen LogP contribution >= 0.6 is 11.8 Å². The van der Waals surface area contributed by atoms with Crippen molar-refractivity contribution in [1.82, 2.24) is 0 Å². The Morgan fingerprint density at radius 1 is 0.571 bits per heavy atom. The summed E-state index contributed by atoms with van der Waals surface area (Å²) in [6.45, 7) is 5.00. The molecule has 28 heavy (non-hydrogen) atoms. The van der Waals surface area contributed by atoms with E-state index in [1.807, 2.05) is 11.8 Å². The van der Waals surface area contributed by atoms with E-state index in [1.165, 1.54) is 108 Å². The summed E-state index contributed by atoms with van der Waals surface area (Å²) in [5.41, 5.74) is 0. The maximum atomic E-state index is 11.5. The van der Waals surface area contributed by atoms with Gasteiger partial charge in [-0.2, -0.15) is 11.8 Å². The number of carbonyl (C=O) groups is 1. The highest BCUT2D eigenvalue weighted by Gasteiger charge is 2.02. The van der Waals surface area contributed by atoms with Crippen molar-refractivity contribution < 1.29 is 9.53 Å². The molecule has 0 atom stereocenters. The Morgan fingerprint density at radius 3 is 1.46 bits per heavy atom. The average Bonchev–Trinajstić information content (AvgIpc) is 2.70. The molecule has 3 heteroatoms. The van der Waals surface area contributed by atoms with Gasteiger partial charge in [-0.1, -0.05) is 117 Å². The lowest BCUT2D eigenvalue weighted by molar-refractivity contribution is -0.143. The number of esters is 1. The molecule has 0 saturated carbocycles. The molecule has 0 spiro atoms. The zero-order valence-electron chi connectivity index (χ0n) is 19.3. The third kappa shape index (κ3) is 23.9. The topological polar surface area (TPSA) is 26.3 Å². The van der Waals surface area contributed by atoms with Crippen LogP contribution in [0.5, 0.6) is 0 Å². The zero-order valence-corrected chi connectivity index (χ0v) is 20.1. The van der Waals surface area contributed by atoms with Crippen LogP contribution in [0, 0.1) is 0 Å². The largest absolute Gasteiger partial charge is 0.466 e. The molecule has 0 heterocycles. The van der Waals surface area contributed by atoms with Gasteiger partial charge in [0.25, 0.3) is 0 Å². The highest BCUT2D eigenvalue weighted by Crippen LogP contribution is 2.14. The first kappa shape index (κ1) is 27.8. The molecule has 0 radical (unpaired) electrons. The van der Waals surface area contributed by atoms with Gasteiger partial charge in [0.05, 0.1) is 13.0 Å². The lowest BCUT2D eigenvalue weighted by Crippen LogP contribution is -2.06. The van der Waals surface area contributed by atoms with E-state index in [4.69, 9.17) is 4.74 Å². The third-order valence-corrected chi connectivity index (χ3v) is 6.42. The molecule has 0 saturated heterocycles. The Bertz CT molecular complexity index is 307. The number of carbonyl (C=O) groups excluding carboxylic acids is 1. The first-order valence-corrected chi connectivity index (χ1v) is 13.7. The monoisotopic (exact) mass is 414 g/mol. The summed E-state index contributed by atoms with van der Waals surface area (Å²) in [4.78, 5) is 11.5. The number of hydrogen-bond donors (Lipinski definition) is 0. The maximum Gasteiger partial charge on any atom is 0.306 e. The van der Waals surface area contributed by atoms with Crippen LogP contribution < -0.4 is 0 Å². The first-order chi connectivity index (χ1) is 13.8. The van der Waals surface area contributed by atoms with Gasteiger partial charge in [0.1, 0.15) is 0 Å². The standard InChI is InChI=1S/C25H50O2S/c1-3-5-7-8-9-10-11-12-13-14-15-16-17-18-19-20-23-28-24-21-25(26)27-22-6-4-2/h3-24H2,1-2H3. The fraction of sp³-hybridized carbons (Fsp3) is 0.960. The van der Waals surface area contributed by atoms with E-state index in [0.29, 0.717) is 13.0 Å². The maximum absolute atomic E-state index is 11.5. The van der Waals surface area contributed by atoms with Gasteiger partial charge in [-0.3, -0.25) is 4.79 Å². The van der Waals surface area contributed by atoms with Crippen LogP contribution in [0.25, 0.3) is 0 Å². The van der Waals surface area contributed by atoms with Gasteiger partial charge in [-0.05, 0) is 18.6 Å². The van der Waals surface area contributed by atoms with Gasteiger partial charge in [0.15, 0.2) is 0 Å². The molecule has 0 aliphatic carbocycles. The van der Waals surface area contributed by atoms with Crippen molar-refractivity contribution in [2.45, 2.75) is 136 Å². The molecule has 0 aromatic carbocycles. The van der Waals surface area contributed by atoms with Crippen LogP contribution in [0.4, 0.5) is 0 Å².